The van der Waals surface area contributed by atoms with Gasteiger partial charge in [-0.25, -0.2) is 0 Å². The maximum Gasteiger partial charge on any atom is 0.122 e. The van der Waals surface area contributed by atoms with Crippen LogP contribution < -0.4 is 4.74 Å². The third-order valence-corrected chi connectivity index (χ3v) is 3.41. The molecular formula is C16H24O2. The molecule has 1 aromatic carbocycles. The van der Waals surface area contributed by atoms with Crippen molar-refractivity contribution < 1.29 is 9.47 Å². The average molecular weight is 248 g/mol. The molecule has 0 N–H and O–H groups in total. The van der Waals surface area contributed by atoms with Crippen molar-refractivity contribution in [3.8, 4) is 5.75 Å². The van der Waals surface area contributed by atoms with Crippen LogP contribution in [0, 0.1) is 11.8 Å². The van der Waals surface area contributed by atoms with Crippen LogP contribution in [0.15, 0.2) is 24.3 Å². The van der Waals surface area contributed by atoms with Gasteiger partial charge in [0.25, 0.3) is 0 Å². The Bertz CT molecular complexity index is 386. The molecule has 0 saturated carbocycles. The highest BCUT2D eigenvalue weighted by Crippen LogP contribution is 2.32. The number of benzene rings is 1. The SMILES string of the molecule is CC(C)COc1ccccc1CC(C)C1OC1C. The Hall–Kier alpha value is -1.02. The minimum absolute atomic E-state index is 0.433. The van der Waals surface area contributed by atoms with Gasteiger partial charge in [0.2, 0.25) is 0 Å². The molecule has 0 bridgehead atoms. The summed E-state index contributed by atoms with van der Waals surface area (Å²) in [6.07, 6.45) is 1.90. The molecule has 0 amide bonds. The van der Waals surface area contributed by atoms with E-state index in [2.05, 4.69) is 45.9 Å². The van der Waals surface area contributed by atoms with Crippen LogP contribution in [-0.2, 0) is 11.2 Å². The maximum atomic E-state index is 5.89. The van der Waals surface area contributed by atoms with E-state index >= 15 is 0 Å². The Morgan fingerprint density at radius 3 is 2.50 bits per heavy atom. The third-order valence-electron chi connectivity index (χ3n) is 3.41. The van der Waals surface area contributed by atoms with Crippen molar-refractivity contribution in [3.05, 3.63) is 29.8 Å². The average Bonchev–Trinajstić information content (AvgIpc) is 3.05. The third kappa shape index (κ3) is 3.49. The lowest BCUT2D eigenvalue weighted by atomic mass is 9.96. The normalized spacial score (nSPS) is 24.1. The minimum atomic E-state index is 0.433. The zero-order valence-electron chi connectivity index (χ0n) is 11.8. The molecule has 3 unspecified atom stereocenters. The molecule has 2 heteroatoms. The molecule has 3 atom stereocenters. The predicted molar refractivity (Wildman–Crippen MR) is 74.0 cm³/mol. The summed E-state index contributed by atoms with van der Waals surface area (Å²) in [5.41, 5.74) is 1.30. The van der Waals surface area contributed by atoms with Crippen molar-refractivity contribution >= 4 is 0 Å². The first-order chi connectivity index (χ1) is 8.58. The fourth-order valence-corrected chi connectivity index (χ4v) is 2.33. The van der Waals surface area contributed by atoms with Crippen molar-refractivity contribution in [3.63, 3.8) is 0 Å². The number of rotatable bonds is 6. The number of ether oxygens (including phenoxy) is 2. The zero-order valence-corrected chi connectivity index (χ0v) is 11.8. The Labute approximate surface area is 110 Å². The first-order valence-electron chi connectivity index (χ1n) is 6.94. The summed E-state index contributed by atoms with van der Waals surface area (Å²) in [5, 5.41) is 0. The predicted octanol–water partition coefficient (Wildman–Crippen LogP) is 3.69. The van der Waals surface area contributed by atoms with Crippen LogP contribution in [0.25, 0.3) is 0 Å². The standard InChI is InChI=1S/C16H24O2/c1-11(2)10-17-15-8-6-5-7-14(15)9-12(3)16-13(4)18-16/h5-8,11-13,16H,9-10H2,1-4H3. The molecule has 100 valence electrons. The quantitative estimate of drug-likeness (QED) is 0.716. The first kappa shape index (κ1) is 13.4. The summed E-state index contributed by atoms with van der Waals surface area (Å²) < 4.78 is 11.4. The van der Waals surface area contributed by atoms with E-state index in [0.717, 1.165) is 18.8 Å². The lowest BCUT2D eigenvalue weighted by molar-refractivity contribution is 0.266. The van der Waals surface area contributed by atoms with Crippen LogP contribution in [0.3, 0.4) is 0 Å². The molecule has 0 spiro atoms. The second-order valence-corrected chi connectivity index (χ2v) is 5.80. The molecule has 0 aliphatic carbocycles. The minimum Gasteiger partial charge on any atom is -0.493 e. The summed E-state index contributed by atoms with van der Waals surface area (Å²) in [6, 6.07) is 8.36. The molecule has 1 heterocycles. The fourth-order valence-electron chi connectivity index (χ4n) is 2.33. The molecule has 1 fully saturated rings. The lowest BCUT2D eigenvalue weighted by Crippen LogP contribution is -2.11. The van der Waals surface area contributed by atoms with E-state index in [1.807, 2.05) is 6.07 Å². The van der Waals surface area contributed by atoms with Gasteiger partial charge < -0.3 is 9.47 Å². The Morgan fingerprint density at radius 1 is 1.22 bits per heavy atom. The molecule has 1 aliphatic heterocycles. The van der Waals surface area contributed by atoms with Gasteiger partial charge in [0, 0.05) is 0 Å². The van der Waals surface area contributed by atoms with E-state index in [4.69, 9.17) is 9.47 Å². The van der Waals surface area contributed by atoms with E-state index in [1.165, 1.54) is 5.56 Å². The van der Waals surface area contributed by atoms with E-state index < -0.39 is 0 Å². The van der Waals surface area contributed by atoms with Crippen molar-refractivity contribution in [2.75, 3.05) is 6.61 Å². The monoisotopic (exact) mass is 248 g/mol. The van der Waals surface area contributed by atoms with Gasteiger partial charge >= 0.3 is 0 Å². The van der Waals surface area contributed by atoms with Crippen molar-refractivity contribution in [1.29, 1.82) is 0 Å². The van der Waals surface area contributed by atoms with Crippen LogP contribution in [0.1, 0.15) is 33.3 Å². The number of hydrogen-bond acceptors (Lipinski definition) is 2. The molecule has 1 aliphatic rings. The topological polar surface area (TPSA) is 21.8 Å². The summed E-state index contributed by atoms with van der Waals surface area (Å²) in [7, 11) is 0. The van der Waals surface area contributed by atoms with Crippen molar-refractivity contribution in [1.82, 2.24) is 0 Å². The van der Waals surface area contributed by atoms with Crippen molar-refractivity contribution in [2.45, 2.75) is 46.3 Å². The second-order valence-electron chi connectivity index (χ2n) is 5.80. The van der Waals surface area contributed by atoms with E-state index in [9.17, 15) is 0 Å². The highest BCUT2D eigenvalue weighted by molar-refractivity contribution is 5.33. The van der Waals surface area contributed by atoms with Crippen LogP contribution >= 0.6 is 0 Å². The summed E-state index contributed by atoms with van der Waals surface area (Å²) in [4.78, 5) is 0. The van der Waals surface area contributed by atoms with Gasteiger partial charge in [-0.15, -0.1) is 0 Å². The maximum absolute atomic E-state index is 5.89. The van der Waals surface area contributed by atoms with Crippen LogP contribution in [0.5, 0.6) is 5.75 Å². The summed E-state index contributed by atoms with van der Waals surface area (Å²) in [5.74, 6) is 2.15. The fraction of sp³-hybridized carbons (Fsp3) is 0.625. The Balaban J connectivity index is 1.98. The van der Waals surface area contributed by atoms with Gasteiger partial charge in [-0.05, 0) is 36.8 Å². The molecule has 1 aromatic rings. The van der Waals surface area contributed by atoms with E-state index in [1.54, 1.807) is 0 Å². The first-order valence-corrected chi connectivity index (χ1v) is 6.94. The zero-order chi connectivity index (χ0) is 13.1. The highest BCUT2D eigenvalue weighted by atomic mass is 16.6. The second kappa shape index (κ2) is 5.75. The van der Waals surface area contributed by atoms with Crippen molar-refractivity contribution in [2.24, 2.45) is 11.8 Å². The van der Waals surface area contributed by atoms with E-state index in [-0.39, 0.29) is 0 Å². The number of hydrogen-bond donors (Lipinski definition) is 0. The summed E-state index contributed by atoms with van der Waals surface area (Å²) in [6.45, 7) is 9.52. The molecular weight excluding hydrogens is 224 g/mol. The summed E-state index contributed by atoms with van der Waals surface area (Å²) >= 11 is 0. The highest BCUT2D eigenvalue weighted by Gasteiger charge is 2.38. The lowest BCUT2D eigenvalue weighted by Gasteiger charge is -2.15. The molecule has 2 rings (SSSR count). The van der Waals surface area contributed by atoms with Crippen LogP contribution in [0.2, 0.25) is 0 Å². The van der Waals surface area contributed by atoms with Gasteiger partial charge in [0.05, 0.1) is 18.8 Å². The number of epoxide rings is 1. The van der Waals surface area contributed by atoms with Gasteiger partial charge in [-0.1, -0.05) is 39.0 Å². The van der Waals surface area contributed by atoms with Gasteiger partial charge in [-0.2, -0.15) is 0 Å². The Morgan fingerprint density at radius 2 is 1.89 bits per heavy atom. The molecule has 0 aromatic heterocycles. The van der Waals surface area contributed by atoms with Gasteiger partial charge in [-0.3, -0.25) is 0 Å². The Kier molecular flexibility index (Phi) is 4.28. The number of para-hydroxylation sites is 1. The van der Waals surface area contributed by atoms with Crippen LogP contribution in [-0.4, -0.2) is 18.8 Å². The molecule has 2 nitrogen and oxygen atoms in total. The van der Waals surface area contributed by atoms with Crippen LogP contribution in [0.4, 0.5) is 0 Å². The van der Waals surface area contributed by atoms with Gasteiger partial charge in [0.15, 0.2) is 0 Å². The molecule has 1 saturated heterocycles. The smallest absolute Gasteiger partial charge is 0.122 e. The van der Waals surface area contributed by atoms with Gasteiger partial charge in [0.1, 0.15) is 5.75 Å². The largest absolute Gasteiger partial charge is 0.493 e. The van der Waals surface area contributed by atoms with E-state index in [0.29, 0.717) is 24.0 Å². The molecule has 0 radical (unpaired) electrons. The molecule has 18 heavy (non-hydrogen) atoms.